The Kier molecular flexibility index (Phi) is 4.66. The van der Waals surface area contributed by atoms with E-state index in [9.17, 15) is 4.79 Å². The molecule has 0 bridgehead atoms. The molecule has 0 saturated carbocycles. The van der Waals surface area contributed by atoms with Gasteiger partial charge < -0.3 is 0 Å². The normalized spacial score (nSPS) is 15.3. The molecule has 0 unspecified atom stereocenters. The van der Waals surface area contributed by atoms with Crippen molar-refractivity contribution in [1.82, 2.24) is 0 Å². The highest BCUT2D eigenvalue weighted by Gasteiger charge is 2.31. The maximum absolute atomic E-state index is 13.3. The molecule has 0 N–H and O–H groups in total. The highest BCUT2D eigenvalue weighted by molar-refractivity contribution is 6.30. The number of aryl methyl sites for hydroxylation is 1. The minimum Gasteiger partial charge on any atom is -0.276 e. The van der Waals surface area contributed by atoms with E-state index in [0.717, 1.165) is 28.1 Å². The second-order valence-corrected chi connectivity index (χ2v) is 6.91. The predicted molar refractivity (Wildman–Crippen MR) is 113 cm³/mol. The van der Waals surface area contributed by atoms with E-state index < -0.39 is 0 Å². The Labute approximate surface area is 164 Å². The van der Waals surface area contributed by atoms with Gasteiger partial charge in [-0.1, -0.05) is 72.3 Å². The van der Waals surface area contributed by atoms with E-state index in [4.69, 9.17) is 11.6 Å². The van der Waals surface area contributed by atoms with Crippen LogP contribution in [0.5, 0.6) is 0 Å². The summed E-state index contributed by atoms with van der Waals surface area (Å²) in [6.07, 6.45) is 3.88. The number of para-hydroxylation sites is 1. The number of benzene rings is 3. The first-order valence-electron chi connectivity index (χ1n) is 8.78. The lowest BCUT2D eigenvalue weighted by molar-refractivity contribution is -0.113. The molecule has 0 spiro atoms. The topological polar surface area (TPSA) is 20.3 Å². The fraction of sp³-hybridized carbons (Fsp3) is 0.0417. The van der Waals surface area contributed by atoms with E-state index in [0.29, 0.717) is 10.6 Å². The van der Waals surface area contributed by atoms with E-state index in [2.05, 4.69) is 0 Å². The highest BCUT2D eigenvalue weighted by atomic mass is 35.5. The summed E-state index contributed by atoms with van der Waals surface area (Å²) in [4.78, 5) is 15.1. The molecule has 0 atom stereocenters. The summed E-state index contributed by atoms with van der Waals surface area (Å²) in [5.41, 5.74) is 5.40. The van der Waals surface area contributed by atoms with Crippen LogP contribution in [0.15, 0.2) is 90.5 Å². The minimum absolute atomic E-state index is 0.0295. The van der Waals surface area contributed by atoms with Gasteiger partial charge in [0, 0.05) is 10.6 Å². The second-order valence-electron chi connectivity index (χ2n) is 6.47. The Morgan fingerprint density at radius 2 is 1.52 bits per heavy atom. The van der Waals surface area contributed by atoms with Crippen molar-refractivity contribution in [2.24, 2.45) is 0 Å². The summed E-state index contributed by atoms with van der Waals surface area (Å²) in [7, 11) is 0. The Hall–Kier alpha value is -3.10. The number of hydrogen-bond acceptors (Lipinski definition) is 1. The summed E-state index contributed by atoms with van der Waals surface area (Å²) in [5, 5.41) is 0.672. The van der Waals surface area contributed by atoms with Crippen LogP contribution in [0.1, 0.15) is 16.7 Å². The van der Waals surface area contributed by atoms with Gasteiger partial charge in [-0.15, -0.1) is 0 Å². The van der Waals surface area contributed by atoms with Crippen molar-refractivity contribution < 1.29 is 4.79 Å². The molecule has 3 heteroatoms. The zero-order valence-electron chi connectivity index (χ0n) is 14.9. The predicted octanol–water partition coefficient (Wildman–Crippen LogP) is 6.12. The number of amides is 1. The van der Waals surface area contributed by atoms with Gasteiger partial charge in [0.15, 0.2) is 0 Å². The van der Waals surface area contributed by atoms with Crippen molar-refractivity contribution >= 4 is 35.0 Å². The third-order valence-electron chi connectivity index (χ3n) is 4.60. The van der Waals surface area contributed by atoms with Crippen LogP contribution in [-0.4, -0.2) is 5.91 Å². The molecular weight excluding hydrogens is 354 g/mol. The lowest BCUT2D eigenvalue weighted by atomic mass is 10.1. The molecule has 1 aliphatic rings. The average Bonchev–Trinajstić information content (AvgIpc) is 3.00. The molecule has 4 rings (SSSR count). The van der Waals surface area contributed by atoms with E-state index in [1.54, 1.807) is 4.90 Å². The fourth-order valence-electron chi connectivity index (χ4n) is 3.23. The van der Waals surface area contributed by atoms with Crippen LogP contribution in [0.2, 0.25) is 5.02 Å². The Morgan fingerprint density at radius 3 is 2.22 bits per heavy atom. The zero-order chi connectivity index (χ0) is 18.8. The molecule has 1 aliphatic heterocycles. The number of hydrogen-bond donors (Lipinski definition) is 0. The van der Waals surface area contributed by atoms with Gasteiger partial charge in [-0.25, -0.2) is 0 Å². The highest BCUT2D eigenvalue weighted by Crippen LogP contribution is 2.36. The van der Waals surface area contributed by atoms with Crippen molar-refractivity contribution in [2.75, 3.05) is 4.90 Å². The molecule has 0 radical (unpaired) electrons. The number of carbonyl (C=O) groups excluding carboxylic acids is 1. The molecule has 1 amide bonds. The Morgan fingerprint density at radius 1 is 0.852 bits per heavy atom. The number of anilines is 1. The van der Waals surface area contributed by atoms with E-state index in [1.165, 1.54) is 0 Å². The van der Waals surface area contributed by atoms with Crippen molar-refractivity contribution in [2.45, 2.75) is 6.92 Å². The fourth-order valence-corrected chi connectivity index (χ4v) is 3.36. The number of carbonyl (C=O) groups is 1. The van der Waals surface area contributed by atoms with Gasteiger partial charge in [0.1, 0.15) is 0 Å². The number of nitrogens with zero attached hydrogens (tertiary/aromatic N) is 1. The van der Waals surface area contributed by atoms with E-state index >= 15 is 0 Å². The first-order chi connectivity index (χ1) is 13.1. The molecule has 132 valence electrons. The first-order valence-corrected chi connectivity index (χ1v) is 9.16. The Balaban J connectivity index is 1.85. The molecule has 0 aliphatic carbocycles. The second kappa shape index (κ2) is 7.26. The third kappa shape index (κ3) is 3.44. The van der Waals surface area contributed by atoms with Gasteiger partial charge in [0.25, 0.3) is 5.91 Å². The molecular formula is C24H18ClNO. The van der Waals surface area contributed by atoms with Crippen LogP contribution >= 0.6 is 11.6 Å². The number of rotatable bonds is 3. The van der Waals surface area contributed by atoms with Crippen LogP contribution in [0, 0.1) is 6.92 Å². The van der Waals surface area contributed by atoms with E-state index in [1.807, 2.05) is 97.9 Å². The van der Waals surface area contributed by atoms with Gasteiger partial charge in [0.05, 0.1) is 11.4 Å². The first kappa shape index (κ1) is 17.3. The molecule has 3 aromatic rings. The monoisotopic (exact) mass is 371 g/mol. The van der Waals surface area contributed by atoms with Gasteiger partial charge >= 0.3 is 0 Å². The summed E-state index contributed by atoms with van der Waals surface area (Å²) in [5.74, 6) is -0.0295. The molecule has 1 heterocycles. The van der Waals surface area contributed by atoms with E-state index in [-0.39, 0.29) is 5.91 Å². The molecule has 3 aromatic carbocycles. The summed E-state index contributed by atoms with van der Waals surface area (Å²) in [6, 6.07) is 25.4. The van der Waals surface area contributed by atoms with Crippen molar-refractivity contribution in [3.05, 3.63) is 112 Å². The molecule has 2 nitrogen and oxygen atoms in total. The van der Waals surface area contributed by atoms with Gasteiger partial charge in [0.2, 0.25) is 0 Å². The quantitative estimate of drug-likeness (QED) is 0.508. The van der Waals surface area contributed by atoms with Crippen LogP contribution in [-0.2, 0) is 4.79 Å². The van der Waals surface area contributed by atoms with Crippen molar-refractivity contribution in [3.8, 4) is 0 Å². The van der Waals surface area contributed by atoms with Gasteiger partial charge in [-0.05, 0) is 54.0 Å². The summed E-state index contributed by atoms with van der Waals surface area (Å²) in [6.45, 7) is 2.01. The van der Waals surface area contributed by atoms with Crippen LogP contribution < -0.4 is 4.90 Å². The van der Waals surface area contributed by atoms with Crippen LogP contribution in [0.25, 0.3) is 11.8 Å². The summed E-state index contributed by atoms with van der Waals surface area (Å²) < 4.78 is 0. The largest absolute Gasteiger partial charge is 0.276 e. The lowest BCUT2D eigenvalue weighted by Crippen LogP contribution is -2.25. The van der Waals surface area contributed by atoms with Gasteiger partial charge in [-0.2, -0.15) is 0 Å². The number of halogens is 1. The molecule has 0 fully saturated rings. The maximum Gasteiger partial charge on any atom is 0.262 e. The van der Waals surface area contributed by atoms with Crippen LogP contribution in [0.4, 0.5) is 5.69 Å². The minimum atomic E-state index is -0.0295. The third-order valence-corrected chi connectivity index (χ3v) is 4.85. The smallest absolute Gasteiger partial charge is 0.262 e. The average molecular weight is 372 g/mol. The Bertz CT molecular complexity index is 1050. The maximum atomic E-state index is 13.3. The van der Waals surface area contributed by atoms with Gasteiger partial charge in [-0.3, -0.25) is 9.69 Å². The molecule has 0 saturated heterocycles. The molecule has 0 aromatic heterocycles. The van der Waals surface area contributed by atoms with Crippen molar-refractivity contribution in [1.29, 1.82) is 0 Å². The SMILES string of the molecule is Cc1ccccc1N1C(=O)/C(=C/c2ccccc2)C=C1c1ccc(Cl)cc1. The zero-order valence-corrected chi connectivity index (χ0v) is 15.6. The standard InChI is InChI=1S/C24H18ClNO/c1-17-7-5-6-10-22(17)26-23(19-11-13-21(25)14-12-19)16-20(24(26)27)15-18-8-3-2-4-9-18/h2-16H,1H3/b20-15+. The summed E-state index contributed by atoms with van der Waals surface area (Å²) >= 11 is 6.05. The van der Waals surface area contributed by atoms with Crippen LogP contribution in [0.3, 0.4) is 0 Å². The lowest BCUT2D eigenvalue weighted by Gasteiger charge is -2.22. The molecule has 27 heavy (non-hydrogen) atoms. The van der Waals surface area contributed by atoms with Crippen molar-refractivity contribution in [3.63, 3.8) is 0 Å².